The van der Waals surface area contributed by atoms with Gasteiger partial charge in [-0.05, 0) is 25.1 Å². The Labute approximate surface area is 164 Å². The number of ether oxygens (including phenoxy) is 2. The third kappa shape index (κ3) is 4.13. The Bertz CT molecular complexity index is 1120. The van der Waals surface area contributed by atoms with Crippen molar-refractivity contribution < 1.29 is 24.0 Å². The third-order valence-electron chi connectivity index (χ3n) is 4.11. The molecule has 0 aliphatic rings. The number of carbonyl (C=O) groups is 2. The summed E-state index contributed by atoms with van der Waals surface area (Å²) in [5, 5.41) is 18.4. The molecule has 0 aliphatic heterocycles. The highest BCUT2D eigenvalue weighted by Gasteiger charge is 2.19. The molecule has 0 radical (unpaired) electrons. The molecule has 2 aromatic heterocycles. The fourth-order valence-electron chi connectivity index (χ4n) is 2.72. The molecule has 11 heteroatoms. The minimum absolute atomic E-state index is 0.0362. The number of hydrogen-bond donors (Lipinski definition) is 1. The van der Waals surface area contributed by atoms with Crippen molar-refractivity contribution in [2.45, 2.75) is 6.92 Å². The van der Waals surface area contributed by atoms with E-state index in [-0.39, 0.29) is 22.7 Å². The minimum atomic E-state index is -0.748. The van der Waals surface area contributed by atoms with Crippen LogP contribution in [0.5, 0.6) is 5.75 Å². The quantitative estimate of drug-likeness (QED) is 0.377. The first-order valence-corrected chi connectivity index (χ1v) is 8.39. The summed E-state index contributed by atoms with van der Waals surface area (Å²) >= 11 is 0. The number of hydrogen-bond acceptors (Lipinski definition) is 8. The summed E-state index contributed by atoms with van der Waals surface area (Å²) in [5.74, 6) is -1.20. The number of nitro benzene ring substituents is 1. The fourth-order valence-corrected chi connectivity index (χ4v) is 2.72. The van der Waals surface area contributed by atoms with Crippen LogP contribution in [0, 0.1) is 17.0 Å². The van der Waals surface area contributed by atoms with E-state index in [4.69, 9.17) is 9.47 Å². The van der Waals surface area contributed by atoms with E-state index in [1.807, 2.05) is 0 Å². The van der Waals surface area contributed by atoms with Crippen LogP contribution < -0.4 is 10.1 Å². The molecule has 150 valence electrons. The maximum absolute atomic E-state index is 12.2. The smallest absolute Gasteiger partial charge is 0.340 e. The molecule has 1 aromatic carbocycles. The maximum Gasteiger partial charge on any atom is 0.340 e. The van der Waals surface area contributed by atoms with Crippen molar-refractivity contribution in [3.05, 3.63) is 51.8 Å². The number of methoxy groups -OCH3 is 1. The Hall–Kier alpha value is -4.02. The zero-order valence-corrected chi connectivity index (χ0v) is 15.8. The van der Waals surface area contributed by atoms with Crippen molar-refractivity contribution in [2.24, 2.45) is 7.05 Å². The Kier molecular flexibility index (Phi) is 5.39. The van der Waals surface area contributed by atoms with Gasteiger partial charge in [0, 0.05) is 18.6 Å². The van der Waals surface area contributed by atoms with E-state index in [0.29, 0.717) is 16.7 Å². The standard InChI is InChI=1S/C18H17N5O6/c1-10-13-6-11(8-19-17(13)22(2)21-10)18(25)29-9-16(24)20-14-5-4-12(28-3)7-15(14)23(26)27/h4-8H,9H2,1-3H3,(H,20,24). The van der Waals surface area contributed by atoms with Crippen molar-refractivity contribution in [2.75, 3.05) is 19.0 Å². The van der Waals surface area contributed by atoms with E-state index in [9.17, 15) is 19.7 Å². The number of aromatic nitrogens is 3. The molecule has 0 unspecified atom stereocenters. The second-order valence-corrected chi connectivity index (χ2v) is 6.07. The number of esters is 1. The van der Waals surface area contributed by atoms with Crippen molar-refractivity contribution in [3.8, 4) is 5.75 Å². The van der Waals surface area contributed by atoms with Crippen LogP contribution in [-0.4, -0.2) is 45.3 Å². The van der Waals surface area contributed by atoms with Gasteiger partial charge in [0.1, 0.15) is 11.4 Å². The summed E-state index contributed by atoms with van der Waals surface area (Å²) in [7, 11) is 3.11. The second kappa shape index (κ2) is 7.92. The number of pyridine rings is 1. The Morgan fingerprint density at radius 1 is 1.31 bits per heavy atom. The number of rotatable bonds is 6. The zero-order chi connectivity index (χ0) is 21.1. The van der Waals surface area contributed by atoms with Crippen LogP contribution in [0.2, 0.25) is 0 Å². The van der Waals surface area contributed by atoms with Crippen molar-refractivity contribution in [1.29, 1.82) is 0 Å². The summed E-state index contributed by atoms with van der Waals surface area (Å²) in [4.78, 5) is 39.0. The van der Waals surface area contributed by atoms with Crippen LogP contribution in [0.3, 0.4) is 0 Å². The van der Waals surface area contributed by atoms with Gasteiger partial charge in [0.2, 0.25) is 0 Å². The van der Waals surface area contributed by atoms with E-state index in [0.717, 1.165) is 0 Å². The van der Waals surface area contributed by atoms with E-state index < -0.39 is 23.4 Å². The number of nitrogens with zero attached hydrogens (tertiary/aromatic N) is 4. The lowest BCUT2D eigenvalue weighted by atomic mass is 10.2. The molecule has 0 atom stereocenters. The van der Waals surface area contributed by atoms with Gasteiger partial charge in [-0.15, -0.1) is 0 Å². The number of amides is 1. The van der Waals surface area contributed by atoms with Gasteiger partial charge in [0.25, 0.3) is 11.6 Å². The Morgan fingerprint density at radius 2 is 2.07 bits per heavy atom. The summed E-state index contributed by atoms with van der Waals surface area (Å²) in [6, 6.07) is 5.56. The number of carbonyl (C=O) groups excluding carboxylic acids is 2. The molecular formula is C18H17N5O6. The molecule has 2 heterocycles. The van der Waals surface area contributed by atoms with Crippen LogP contribution in [0.25, 0.3) is 11.0 Å². The van der Waals surface area contributed by atoms with Gasteiger partial charge in [0.05, 0.1) is 29.4 Å². The highest BCUT2D eigenvalue weighted by Crippen LogP contribution is 2.28. The van der Waals surface area contributed by atoms with Crippen LogP contribution in [-0.2, 0) is 16.6 Å². The third-order valence-corrected chi connectivity index (χ3v) is 4.11. The monoisotopic (exact) mass is 399 g/mol. The van der Waals surface area contributed by atoms with Gasteiger partial charge >= 0.3 is 5.97 Å². The van der Waals surface area contributed by atoms with Crippen molar-refractivity contribution in [3.63, 3.8) is 0 Å². The van der Waals surface area contributed by atoms with Gasteiger partial charge in [-0.25, -0.2) is 9.78 Å². The first-order chi connectivity index (χ1) is 13.8. The largest absolute Gasteiger partial charge is 0.496 e. The number of benzene rings is 1. The molecule has 0 saturated heterocycles. The number of nitro groups is 1. The Morgan fingerprint density at radius 3 is 2.76 bits per heavy atom. The minimum Gasteiger partial charge on any atom is -0.496 e. The molecule has 1 N–H and O–H groups in total. The van der Waals surface area contributed by atoms with Crippen molar-refractivity contribution >= 4 is 34.3 Å². The van der Waals surface area contributed by atoms with E-state index in [2.05, 4.69) is 15.4 Å². The van der Waals surface area contributed by atoms with Crippen LogP contribution in [0.4, 0.5) is 11.4 Å². The number of fused-ring (bicyclic) bond motifs is 1. The normalized spacial score (nSPS) is 10.6. The molecule has 0 aliphatic carbocycles. The molecule has 11 nitrogen and oxygen atoms in total. The molecule has 29 heavy (non-hydrogen) atoms. The van der Waals surface area contributed by atoms with E-state index in [1.165, 1.54) is 31.5 Å². The van der Waals surface area contributed by atoms with Gasteiger partial charge in [-0.2, -0.15) is 5.10 Å². The molecule has 3 rings (SSSR count). The van der Waals surface area contributed by atoms with Gasteiger partial charge in [0.15, 0.2) is 12.3 Å². The highest BCUT2D eigenvalue weighted by atomic mass is 16.6. The summed E-state index contributed by atoms with van der Waals surface area (Å²) < 4.78 is 11.5. The average Bonchev–Trinajstić information content (AvgIpc) is 2.99. The SMILES string of the molecule is COc1ccc(NC(=O)COC(=O)c2cnc3c(c2)c(C)nn3C)c([N+](=O)[O-])c1. The molecular weight excluding hydrogens is 382 g/mol. The van der Waals surface area contributed by atoms with Gasteiger partial charge in [-0.3, -0.25) is 19.6 Å². The van der Waals surface area contributed by atoms with Crippen LogP contribution >= 0.6 is 0 Å². The lowest BCUT2D eigenvalue weighted by molar-refractivity contribution is -0.384. The van der Waals surface area contributed by atoms with Gasteiger partial charge < -0.3 is 14.8 Å². The highest BCUT2D eigenvalue weighted by molar-refractivity contribution is 5.98. The van der Waals surface area contributed by atoms with Gasteiger partial charge in [-0.1, -0.05) is 0 Å². The molecule has 0 saturated carbocycles. The maximum atomic E-state index is 12.2. The number of anilines is 1. The molecule has 3 aromatic rings. The first-order valence-electron chi connectivity index (χ1n) is 8.39. The molecule has 1 amide bonds. The summed E-state index contributed by atoms with van der Waals surface area (Å²) in [6.45, 7) is 1.17. The predicted molar refractivity (Wildman–Crippen MR) is 102 cm³/mol. The first kappa shape index (κ1) is 19.7. The van der Waals surface area contributed by atoms with Crippen molar-refractivity contribution in [1.82, 2.24) is 14.8 Å². The van der Waals surface area contributed by atoms with Crippen LogP contribution in [0.1, 0.15) is 16.1 Å². The number of aryl methyl sites for hydroxylation is 2. The summed E-state index contributed by atoms with van der Waals surface area (Å²) in [6.07, 6.45) is 1.33. The average molecular weight is 399 g/mol. The second-order valence-electron chi connectivity index (χ2n) is 6.07. The molecule has 0 fully saturated rings. The Balaban J connectivity index is 1.67. The zero-order valence-electron chi connectivity index (χ0n) is 15.8. The fraction of sp³-hybridized carbons (Fsp3) is 0.222. The molecule has 0 bridgehead atoms. The summed E-state index contributed by atoms with van der Waals surface area (Å²) in [5.41, 5.74) is 1.10. The topological polar surface area (TPSA) is 138 Å². The molecule has 0 spiro atoms. The lowest BCUT2D eigenvalue weighted by Crippen LogP contribution is -2.21. The van der Waals surface area contributed by atoms with E-state index in [1.54, 1.807) is 24.7 Å². The predicted octanol–water partition coefficient (Wildman–Crippen LogP) is 1.99. The lowest BCUT2D eigenvalue weighted by Gasteiger charge is -2.08. The number of nitrogens with one attached hydrogen (secondary N) is 1. The van der Waals surface area contributed by atoms with E-state index >= 15 is 0 Å². The van der Waals surface area contributed by atoms with Crippen LogP contribution in [0.15, 0.2) is 30.5 Å².